The van der Waals surface area contributed by atoms with Crippen LogP contribution in [0.3, 0.4) is 0 Å². The van der Waals surface area contributed by atoms with E-state index in [1.807, 2.05) is 44.4 Å². The summed E-state index contributed by atoms with van der Waals surface area (Å²) in [6.45, 7) is 7.99. The molecule has 1 fully saturated rings. The lowest BCUT2D eigenvalue weighted by atomic mass is 10.1. The number of urea groups is 1. The average molecular weight is 475 g/mol. The van der Waals surface area contributed by atoms with Crippen LogP contribution in [0.15, 0.2) is 35.8 Å². The van der Waals surface area contributed by atoms with Crippen LogP contribution in [0.1, 0.15) is 38.1 Å². The summed E-state index contributed by atoms with van der Waals surface area (Å²) in [6, 6.07) is 6.12. The van der Waals surface area contributed by atoms with Crippen molar-refractivity contribution in [2.75, 3.05) is 36.4 Å². The number of piperazine rings is 1. The molecule has 2 aromatic rings. The van der Waals surface area contributed by atoms with Crippen LogP contribution in [0.4, 0.5) is 21.1 Å². The number of nitrogens with two attached hydrogens (primary N) is 1. The molecule has 0 aliphatic carbocycles. The van der Waals surface area contributed by atoms with Crippen molar-refractivity contribution in [2.45, 2.75) is 38.8 Å². The minimum Gasteiger partial charge on any atom is -0.444 e. The van der Waals surface area contributed by atoms with Crippen LogP contribution in [-0.2, 0) is 9.53 Å². The molecule has 3 heterocycles. The van der Waals surface area contributed by atoms with Gasteiger partial charge < -0.3 is 30.9 Å². The van der Waals surface area contributed by atoms with E-state index in [0.717, 1.165) is 10.6 Å². The Kier molecular flexibility index (Phi) is 7.75. The van der Waals surface area contributed by atoms with Gasteiger partial charge in [0, 0.05) is 31.1 Å². The molecule has 4 N–H and O–H groups in total. The highest BCUT2D eigenvalue weighted by molar-refractivity contribution is 7.10. The van der Waals surface area contributed by atoms with Crippen LogP contribution in [-0.4, -0.2) is 59.7 Å². The Morgan fingerprint density at radius 3 is 2.45 bits per heavy atom. The first-order chi connectivity index (χ1) is 15.6. The third-order valence-electron chi connectivity index (χ3n) is 4.90. The number of carbonyl (C=O) groups excluding carboxylic acids is 3. The van der Waals surface area contributed by atoms with Crippen molar-refractivity contribution in [3.63, 3.8) is 0 Å². The smallest absolute Gasteiger partial charge is 0.410 e. The molecule has 3 rings (SSSR count). The van der Waals surface area contributed by atoms with Gasteiger partial charge in [-0.15, -0.1) is 11.3 Å². The van der Waals surface area contributed by atoms with Gasteiger partial charge in [-0.25, -0.2) is 14.6 Å². The van der Waals surface area contributed by atoms with Gasteiger partial charge in [-0.2, -0.15) is 0 Å². The molecule has 11 heteroatoms. The summed E-state index contributed by atoms with van der Waals surface area (Å²) in [7, 11) is 0. The molecular weight excluding hydrogens is 444 g/mol. The number of carbonyl (C=O) groups is 3. The first kappa shape index (κ1) is 24.3. The lowest BCUT2D eigenvalue weighted by Crippen LogP contribution is -2.50. The number of ether oxygens (including phenoxy) is 1. The molecular formula is C22H30N6O4S. The van der Waals surface area contributed by atoms with E-state index < -0.39 is 17.7 Å². The maximum Gasteiger partial charge on any atom is 0.410 e. The Bertz CT molecular complexity index is 950. The van der Waals surface area contributed by atoms with E-state index in [4.69, 9.17) is 10.5 Å². The van der Waals surface area contributed by atoms with Gasteiger partial charge in [-0.05, 0) is 44.4 Å². The molecule has 1 aliphatic rings. The number of thiophene rings is 1. The normalized spacial score (nSPS) is 15.0. The maximum atomic E-state index is 12.5. The highest BCUT2D eigenvalue weighted by Gasteiger charge is 2.26. The summed E-state index contributed by atoms with van der Waals surface area (Å²) in [5, 5.41) is 7.23. The van der Waals surface area contributed by atoms with Gasteiger partial charge in [0.2, 0.25) is 5.91 Å². The number of hydrogen-bond donors (Lipinski definition) is 3. The molecule has 4 amide bonds. The quantitative estimate of drug-likeness (QED) is 0.590. The SMILES string of the molecule is CC(C)(C)OC(=O)N1CCN(c2ccc(NC(=O)CC(NC(N)=O)c3cccs3)nc2)CC1. The van der Waals surface area contributed by atoms with E-state index >= 15 is 0 Å². The van der Waals surface area contributed by atoms with E-state index in [-0.39, 0.29) is 18.4 Å². The van der Waals surface area contributed by atoms with E-state index in [0.29, 0.717) is 32.0 Å². The van der Waals surface area contributed by atoms with Gasteiger partial charge in [0.1, 0.15) is 11.4 Å². The third kappa shape index (κ3) is 7.35. The van der Waals surface area contributed by atoms with Crippen molar-refractivity contribution in [2.24, 2.45) is 5.73 Å². The van der Waals surface area contributed by atoms with Crippen LogP contribution in [0.25, 0.3) is 0 Å². The number of hydrogen-bond acceptors (Lipinski definition) is 7. The van der Waals surface area contributed by atoms with Crippen LogP contribution < -0.4 is 21.3 Å². The zero-order valence-corrected chi connectivity index (χ0v) is 19.9. The summed E-state index contributed by atoms with van der Waals surface area (Å²) >= 11 is 1.44. The highest BCUT2D eigenvalue weighted by Crippen LogP contribution is 2.23. The summed E-state index contributed by atoms with van der Waals surface area (Å²) in [4.78, 5) is 45.0. The molecule has 178 valence electrons. The molecule has 1 aliphatic heterocycles. The summed E-state index contributed by atoms with van der Waals surface area (Å²) in [6.07, 6.45) is 1.43. The highest BCUT2D eigenvalue weighted by atomic mass is 32.1. The number of pyridine rings is 1. The van der Waals surface area contributed by atoms with Gasteiger partial charge in [0.15, 0.2) is 0 Å². The minimum absolute atomic E-state index is 0.0412. The lowest BCUT2D eigenvalue weighted by Gasteiger charge is -2.36. The Morgan fingerprint density at radius 1 is 1.18 bits per heavy atom. The summed E-state index contributed by atoms with van der Waals surface area (Å²) in [5.41, 5.74) is 5.63. The van der Waals surface area contributed by atoms with Crippen LogP contribution in [0.2, 0.25) is 0 Å². The third-order valence-corrected chi connectivity index (χ3v) is 5.89. The topological polar surface area (TPSA) is 130 Å². The van der Waals surface area contributed by atoms with Crippen LogP contribution >= 0.6 is 11.3 Å². The number of nitrogens with zero attached hydrogens (tertiary/aromatic N) is 3. The fourth-order valence-corrected chi connectivity index (χ4v) is 4.16. The van der Waals surface area contributed by atoms with E-state index in [1.165, 1.54) is 11.3 Å². The van der Waals surface area contributed by atoms with E-state index in [2.05, 4.69) is 20.5 Å². The molecule has 1 saturated heterocycles. The van der Waals surface area contributed by atoms with Gasteiger partial charge in [0.25, 0.3) is 0 Å². The Hall–Kier alpha value is -3.34. The van der Waals surface area contributed by atoms with E-state index in [9.17, 15) is 14.4 Å². The monoisotopic (exact) mass is 474 g/mol. The van der Waals surface area contributed by atoms with Gasteiger partial charge in [-0.1, -0.05) is 6.07 Å². The first-order valence-corrected chi connectivity index (χ1v) is 11.6. The number of primary amides is 1. The van der Waals surface area contributed by atoms with Crippen LogP contribution in [0.5, 0.6) is 0 Å². The fourth-order valence-electron chi connectivity index (χ4n) is 3.38. The van der Waals surface area contributed by atoms with E-state index in [1.54, 1.807) is 17.2 Å². The number of anilines is 2. The Labute approximate surface area is 197 Å². The predicted octanol–water partition coefficient (Wildman–Crippen LogP) is 2.94. The van der Waals surface area contributed by atoms with Crippen molar-refractivity contribution in [1.29, 1.82) is 0 Å². The van der Waals surface area contributed by atoms with Crippen molar-refractivity contribution < 1.29 is 19.1 Å². The maximum absolute atomic E-state index is 12.5. The van der Waals surface area contributed by atoms with Gasteiger partial charge in [-0.3, -0.25) is 4.79 Å². The number of nitrogens with one attached hydrogen (secondary N) is 2. The van der Waals surface area contributed by atoms with Crippen molar-refractivity contribution in [3.05, 3.63) is 40.7 Å². The fraction of sp³-hybridized carbons (Fsp3) is 0.455. The minimum atomic E-state index is -0.685. The van der Waals surface area contributed by atoms with Crippen molar-refractivity contribution in [3.8, 4) is 0 Å². The molecule has 0 bridgehead atoms. The van der Waals surface area contributed by atoms with Crippen LogP contribution in [0, 0.1) is 0 Å². The number of rotatable bonds is 6. The standard InChI is InChI=1S/C22H30N6O4S/c1-22(2,3)32-21(31)28-10-8-27(9-11-28)15-6-7-18(24-14-15)26-19(29)13-16(25-20(23)30)17-5-4-12-33-17/h4-7,12,14,16H,8-11,13H2,1-3H3,(H3,23,25,30)(H,24,26,29). The predicted molar refractivity (Wildman–Crippen MR) is 127 cm³/mol. The Balaban J connectivity index is 1.51. The summed E-state index contributed by atoms with van der Waals surface area (Å²) < 4.78 is 5.43. The molecule has 10 nitrogen and oxygen atoms in total. The molecule has 1 atom stereocenters. The lowest BCUT2D eigenvalue weighted by molar-refractivity contribution is -0.116. The molecule has 0 aromatic carbocycles. The second kappa shape index (κ2) is 10.5. The zero-order valence-electron chi connectivity index (χ0n) is 19.0. The molecule has 0 spiro atoms. The first-order valence-electron chi connectivity index (χ1n) is 10.7. The van der Waals surface area contributed by atoms with Crippen molar-refractivity contribution >= 4 is 40.9 Å². The Morgan fingerprint density at radius 2 is 1.91 bits per heavy atom. The van der Waals surface area contributed by atoms with Crippen molar-refractivity contribution in [1.82, 2.24) is 15.2 Å². The molecule has 1 unspecified atom stereocenters. The van der Waals surface area contributed by atoms with Gasteiger partial charge >= 0.3 is 12.1 Å². The number of aromatic nitrogens is 1. The molecule has 33 heavy (non-hydrogen) atoms. The number of amides is 4. The second-order valence-electron chi connectivity index (χ2n) is 8.68. The zero-order chi connectivity index (χ0) is 24.0. The molecule has 0 saturated carbocycles. The van der Waals surface area contributed by atoms with Gasteiger partial charge in [0.05, 0.1) is 24.3 Å². The largest absolute Gasteiger partial charge is 0.444 e. The molecule has 0 radical (unpaired) electrons. The second-order valence-corrected chi connectivity index (χ2v) is 9.66. The molecule has 2 aromatic heterocycles. The summed E-state index contributed by atoms with van der Waals surface area (Å²) in [5.74, 6) is 0.133. The average Bonchev–Trinajstić information content (AvgIpc) is 3.27.